The summed E-state index contributed by atoms with van der Waals surface area (Å²) < 4.78 is 13.3. The average Bonchev–Trinajstić information content (AvgIpc) is 3.21. The molecule has 5 rings (SSSR count). The number of carbonyl (C=O) groups excluding carboxylic acids is 2. The number of hydrogen-bond acceptors (Lipinski definition) is 5. The van der Waals surface area contributed by atoms with E-state index in [4.69, 9.17) is 9.47 Å². The molecule has 2 aliphatic heterocycles. The van der Waals surface area contributed by atoms with Crippen LogP contribution in [0.15, 0.2) is 54.7 Å². The molecule has 1 aromatic heterocycles. The molecule has 1 fully saturated rings. The highest BCUT2D eigenvalue weighted by molar-refractivity contribution is 6.05. The van der Waals surface area contributed by atoms with Crippen molar-refractivity contribution >= 4 is 11.9 Å². The third-order valence-electron chi connectivity index (χ3n) is 6.30. The van der Waals surface area contributed by atoms with Gasteiger partial charge in [0.25, 0.3) is 5.91 Å². The number of aromatic nitrogens is 2. The van der Waals surface area contributed by atoms with Gasteiger partial charge in [0.1, 0.15) is 11.4 Å². The summed E-state index contributed by atoms with van der Waals surface area (Å²) in [5.74, 6) is 0.164. The molecule has 1 spiro atoms. The van der Waals surface area contributed by atoms with Crippen LogP contribution in [0.25, 0.3) is 11.3 Å². The van der Waals surface area contributed by atoms with Crippen molar-refractivity contribution < 1.29 is 19.1 Å². The zero-order valence-electron chi connectivity index (χ0n) is 17.5. The monoisotopic (exact) mass is 417 g/mol. The Kier molecular flexibility index (Phi) is 4.54. The molecule has 7 nitrogen and oxygen atoms in total. The maximum atomic E-state index is 13.2. The molecule has 0 atom stereocenters. The Morgan fingerprint density at radius 2 is 1.71 bits per heavy atom. The Morgan fingerprint density at radius 3 is 2.45 bits per heavy atom. The molecule has 1 saturated heterocycles. The molecule has 2 aliphatic rings. The lowest BCUT2D eigenvalue weighted by Crippen LogP contribution is -2.49. The van der Waals surface area contributed by atoms with Crippen LogP contribution in [0.4, 0.5) is 0 Å². The first-order valence-electron chi connectivity index (χ1n) is 10.3. The number of carbonyl (C=O) groups is 2. The van der Waals surface area contributed by atoms with Crippen LogP contribution in [0.2, 0.25) is 0 Å². The third-order valence-corrected chi connectivity index (χ3v) is 6.30. The standard InChI is InChI=1S/C24H23N3O4/c1-26-21-18-9-5-6-10-20(18)31-24(19(21)15-25-26)11-13-27(14-12-24)22(28)16-7-3-4-8-17(16)23(29)30-2/h3-10,15H,11-14H2,1-2H3. The lowest BCUT2D eigenvalue weighted by Gasteiger charge is -2.44. The predicted molar refractivity (Wildman–Crippen MR) is 114 cm³/mol. The second-order valence-electron chi connectivity index (χ2n) is 7.95. The summed E-state index contributed by atoms with van der Waals surface area (Å²) in [5, 5.41) is 4.49. The largest absolute Gasteiger partial charge is 0.482 e. The van der Waals surface area contributed by atoms with Crippen LogP contribution in [-0.4, -0.2) is 46.8 Å². The lowest BCUT2D eigenvalue weighted by atomic mass is 9.81. The molecule has 1 amide bonds. The fraction of sp³-hybridized carbons (Fsp3) is 0.292. The Morgan fingerprint density at radius 1 is 1.03 bits per heavy atom. The molecule has 0 saturated carbocycles. The zero-order valence-corrected chi connectivity index (χ0v) is 17.5. The van der Waals surface area contributed by atoms with E-state index in [2.05, 4.69) is 5.10 Å². The van der Waals surface area contributed by atoms with Crippen LogP contribution >= 0.6 is 0 Å². The van der Waals surface area contributed by atoms with E-state index in [1.807, 2.05) is 42.2 Å². The van der Waals surface area contributed by atoms with E-state index in [1.165, 1.54) is 7.11 Å². The first-order valence-corrected chi connectivity index (χ1v) is 10.3. The number of amides is 1. The Labute approximate surface area is 180 Å². The summed E-state index contributed by atoms with van der Waals surface area (Å²) in [6.45, 7) is 1.04. The molecule has 3 heterocycles. The van der Waals surface area contributed by atoms with Gasteiger partial charge in [-0.3, -0.25) is 9.48 Å². The van der Waals surface area contributed by atoms with Crippen molar-refractivity contribution in [3.63, 3.8) is 0 Å². The Balaban J connectivity index is 1.43. The minimum Gasteiger partial charge on any atom is -0.482 e. The molecule has 31 heavy (non-hydrogen) atoms. The zero-order chi connectivity index (χ0) is 21.6. The molecule has 7 heteroatoms. The maximum absolute atomic E-state index is 13.2. The summed E-state index contributed by atoms with van der Waals surface area (Å²) >= 11 is 0. The highest BCUT2D eigenvalue weighted by Gasteiger charge is 2.46. The van der Waals surface area contributed by atoms with Gasteiger partial charge < -0.3 is 14.4 Å². The van der Waals surface area contributed by atoms with Gasteiger partial charge >= 0.3 is 5.97 Å². The minimum absolute atomic E-state index is 0.168. The van der Waals surface area contributed by atoms with E-state index < -0.39 is 11.6 Å². The molecule has 2 aromatic carbocycles. The highest BCUT2D eigenvalue weighted by Crippen LogP contribution is 2.49. The fourth-order valence-corrected chi connectivity index (χ4v) is 4.68. The van der Waals surface area contributed by atoms with E-state index in [1.54, 1.807) is 29.2 Å². The van der Waals surface area contributed by atoms with Gasteiger partial charge in [0.2, 0.25) is 0 Å². The van der Waals surface area contributed by atoms with Gasteiger partial charge in [0.15, 0.2) is 0 Å². The van der Waals surface area contributed by atoms with Crippen molar-refractivity contribution in [1.82, 2.24) is 14.7 Å². The van der Waals surface area contributed by atoms with Crippen molar-refractivity contribution in [3.8, 4) is 17.0 Å². The third kappa shape index (κ3) is 3.00. The SMILES string of the molecule is COC(=O)c1ccccc1C(=O)N1CCC2(CC1)Oc1ccccc1-c1c2cnn1C. The number of para-hydroxylation sites is 1. The van der Waals surface area contributed by atoms with E-state index in [9.17, 15) is 9.59 Å². The number of aryl methyl sites for hydroxylation is 1. The fourth-order valence-electron chi connectivity index (χ4n) is 4.68. The molecular weight excluding hydrogens is 394 g/mol. The number of piperidine rings is 1. The van der Waals surface area contributed by atoms with Gasteiger partial charge in [-0.15, -0.1) is 0 Å². The number of likely N-dealkylation sites (tertiary alicyclic amines) is 1. The van der Waals surface area contributed by atoms with Gasteiger partial charge in [0, 0.05) is 44.1 Å². The normalized spacial score (nSPS) is 16.3. The van der Waals surface area contributed by atoms with Crippen molar-refractivity contribution in [1.29, 1.82) is 0 Å². The number of fused-ring (bicyclic) bond motifs is 4. The number of hydrogen-bond donors (Lipinski definition) is 0. The summed E-state index contributed by atoms with van der Waals surface area (Å²) in [6.07, 6.45) is 3.17. The average molecular weight is 417 g/mol. The number of nitrogens with zero attached hydrogens (tertiary/aromatic N) is 3. The van der Waals surface area contributed by atoms with Crippen LogP contribution in [0.5, 0.6) is 5.75 Å². The summed E-state index contributed by atoms with van der Waals surface area (Å²) in [6, 6.07) is 14.8. The van der Waals surface area contributed by atoms with E-state index in [0.29, 0.717) is 31.5 Å². The number of rotatable bonds is 2. The minimum atomic E-state index is -0.517. The number of esters is 1. The summed E-state index contributed by atoms with van der Waals surface area (Å²) in [5.41, 5.74) is 3.30. The van der Waals surface area contributed by atoms with Gasteiger partial charge in [0.05, 0.1) is 30.1 Å². The second-order valence-corrected chi connectivity index (χ2v) is 7.95. The highest BCUT2D eigenvalue weighted by atomic mass is 16.5. The molecule has 0 radical (unpaired) electrons. The van der Waals surface area contributed by atoms with Crippen LogP contribution < -0.4 is 4.74 Å². The molecule has 0 N–H and O–H groups in total. The maximum Gasteiger partial charge on any atom is 0.338 e. The van der Waals surface area contributed by atoms with Crippen LogP contribution in [-0.2, 0) is 17.4 Å². The van der Waals surface area contributed by atoms with Crippen molar-refractivity contribution in [2.45, 2.75) is 18.4 Å². The molecule has 0 unspecified atom stereocenters. The molecular formula is C24H23N3O4. The Hall–Kier alpha value is -3.61. The van der Waals surface area contributed by atoms with E-state index in [0.717, 1.165) is 22.6 Å². The summed E-state index contributed by atoms with van der Waals surface area (Å²) in [7, 11) is 3.26. The lowest BCUT2D eigenvalue weighted by molar-refractivity contribution is -0.00183. The van der Waals surface area contributed by atoms with Crippen LogP contribution in [0.1, 0.15) is 39.1 Å². The second kappa shape index (κ2) is 7.27. The molecule has 0 bridgehead atoms. The number of ether oxygens (including phenoxy) is 2. The van der Waals surface area contributed by atoms with Crippen molar-refractivity contribution in [2.24, 2.45) is 7.05 Å². The first kappa shape index (κ1) is 19.4. The quantitative estimate of drug-likeness (QED) is 0.598. The smallest absolute Gasteiger partial charge is 0.338 e. The van der Waals surface area contributed by atoms with E-state index in [-0.39, 0.29) is 11.5 Å². The van der Waals surface area contributed by atoms with Gasteiger partial charge in [-0.25, -0.2) is 4.79 Å². The molecule has 158 valence electrons. The van der Waals surface area contributed by atoms with Crippen molar-refractivity contribution in [2.75, 3.05) is 20.2 Å². The Bertz CT molecular complexity index is 1180. The first-order chi connectivity index (χ1) is 15.0. The van der Waals surface area contributed by atoms with Gasteiger partial charge in [-0.1, -0.05) is 24.3 Å². The number of methoxy groups -OCH3 is 1. The van der Waals surface area contributed by atoms with E-state index >= 15 is 0 Å². The predicted octanol–water partition coefficient (Wildman–Crippen LogP) is 3.40. The van der Waals surface area contributed by atoms with Gasteiger partial charge in [-0.2, -0.15) is 5.10 Å². The van der Waals surface area contributed by atoms with Crippen molar-refractivity contribution in [3.05, 3.63) is 71.4 Å². The topological polar surface area (TPSA) is 73.7 Å². The summed E-state index contributed by atoms with van der Waals surface area (Å²) in [4.78, 5) is 27.1. The molecule has 0 aliphatic carbocycles. The van der Waals surface area contributed by atoms with Crippen LogP contribution in [0, 0.1) is 0 Å². The van der Waals surface area contributed by atoms with Gasteiger partial charge in [-0.05, 0) is 24.3 Å². The number of benzene rings is 2. The van der Waals surface area contributed by atoms with Crippen LogP contribution in [0.3, 0.4) is 0 Å². The molecule has 3 aromatic rings.